The molecular weight excluding hydrogens is 272 g/mol. The summed E-state index contributed by atoms with van der Waals surface area (Å²) in [5, 5.41) is 0. The second-order valence-electron chi connectivity index (χ2n) is 5.46. The second kappa shape index (κ2) is 8.74. The molecule has 122 valence electrons. The van der Waals surface area contributed by atoms with E-state index in [4.69, 9.17) is 9.47 Å². The van der Waals surface area contributed by atoms with Crippen LogP contribution in [-0.4, -0.2) is 61.9 Å². The number of amides is 2. The van der Waals surface area contributed by atoms with Gasteiger partial charge in [-0.3, -0.25) is 0 Å². The maximum atomic E-state index is 11.9. The second-order valence-corrected chi connectivity index (χ2v) is 5.46. The van der Waals surface area contributed by atoms with Crippen molar-refractivity contribution >= 4 is 12.2 Å². The molecular formula is C15H28N2O4. The van der Waals surface area contributed by atoms with Gasteiger partial charge in [0.15, 0.2) is 0 Å². The number of carbonyl (C=O) groups excluding carboxylic acids is 2. The fourth-order valence-electron chi connectivity index (χ4n) is 3.05. The molecule has 1 aliphatic rings. The van der Waals surface area contributed by atoms with Crippen molar-refractivity contribution in [1.29, 1.82) is 0 Å². The SMILES string of the molecule is CCCCN(CC1CCN(C(=O)OC)C1CC)C(=O)OC. The van der Waals surface area contributed by atoms with Crippen LogP contribution in [0, 0.1) is 5.92 Å². The van der Waals surface area contributed by atoms with E-state index in [0.29, 0.717) is 19.6 Å². The van der Waals surface area contributed by atoms with Crippen LogP contribution in [0.5, 0.6) is 0 Å². The van der Waals surface area contributed by atoms with E-state index in [1.54, 1.807) is 9.80 Å². The Labute approximate surface area is 127 Å². The van der Waals surface area contributed by atoms with Crippen LogP contribution in [0.3, 0.4) is 0 Å². The number of ether oxygens (including phenoxy) is 2. The van der Waals surface area contributed by atoms with Crippen LogP contribution in [0.25, 0.3) is 0 Å². The number of rotatable bonds is 6. The summed E-state index contributed by atoms with van der Waals surface area (Å²) in [7, 11) is 2.82. The van der Waals surface area contributed by atoms with E-state index in [-0.39, 0.29) is 24.1 Å². The summed E-state index contributed by atoms with van der Waals surface area (Å²) in [5.74, 6) is 0.282. The van der Waals surface area contributed by atoms with E-state index in [0.717, 1.165) is 25.7 Å². The highest BCUT2D eigenvalue weighted by Crippen LogP contribution is 2.28. The minimum atomic E-state index is -0.283. The smallest absolute Gasteiger partial charge is 0.409 e. The number of carbonyl (C=O) groups is 2. The minimum absolute atomic E-state index is 0.131. The number of nitrogens with zero attached hydrogens (tertiary/aromatic N) is 2. The van der Waals surface area contributed by atoms with E-state index < -0.39 is 0 Å². The molecule has 0 saturated carbocycles. The lowest BCUT2D eigenvalue weighted by Crippen LogP contribution is -2.42. The third-order valence-corrected chi connectivity index (χ3v) is 4.18. The van der Waals surface area contributed by atoms with Gasteiger partial charge in [-0.25, -0.2) is 9.59 Å². The van der Waals surface area contributed by atoms with Crippen LogP contribution in [0.2, 0.25) is 0 Å². The van der Waals surface area contributed by atoms with Gasteiger partial charge in [0, 0.05) is 25.7 Å². The predicted octanol–water partition coefficient (Wildman–Crippen LogP) is 2.72. The van der Waals surface area contributed by atoms with Crippen molar-refractivity contribution in [1.82, 2.24) is 9.80 Å². The number of hydrogen-bond acceptors (Lipinski definition) is 4. The fourth-order valence-corrected chi connectivity index (χ4v) is 3.05. The molecule has 2 atom stereocenters. The lowest BCUT2D eigenvalue weighted by atomic mass is 9.97. The van der Waals surface area contributed by atoms with Crippen LogP contribution in [-0.2, 0) is 9.47 Å². The van der Waals surface area contributed by atoms with Crippen LogP contribution < -0.4 is 0 Å². The Morgan fingerprint density at radius 1 is 1.24 bits per heavy atom. The van der Waals surface area contributed by atoms with E-state index in [9.17, 15) is 9.59 Å². The van der Waals surface area contributed by atoms with Gasteiger partial charge in [-0.1, -0.05) is 20.3 Å². The summed E-state index contributed by atoms with van der Waals surface area (Å²) in [5.41, 5.74) is 0. The molecule has 0 bridgehead atoms. The zero-order valence-corrected chi connectivity index (χ0v) is 13.6. The standard InChI is InChI=1S/C15H28N2O4/c1-5-7-9-16(14(18)20-3)11-12-8-10-17(13(12)6-2)15(19)21-4/h12-13H,5-11H2,1-4H3. The fraction of sp³-hybridized carbons (Fsp3) is 0.867. The molecule has 1 rings (SSSR count). The number of unbranched alkanes of at least 4 members (excludes halogenated alkanes) is 1. The molecule has 2 amide bonds. The lowest BCUT2D eigenvalue weighted by molar-refractivity contribution is 0.0992. The molecule has 1 saturated heterocycles. The quantitative estimate of drug-likeness (QED) is 0.757. The van der Waals surface area contributed by atoms with E-state index in [1.807, 2.05) is 0 Å². The van der Waals surface area contributed by atoms with Crippen molar-refractivity contribution in [2.75, 3.05) is 33.9 Å². The van der Waals surface area contributed by atoms with Gasteiger partial charge in [0.05, 0.1) is 14.2 Å². The number of hydrogen-bond donors (Lipinski definition) is 0. The Balaban J connectivity index is 2.69. The third kappa shape index (κ3) is 4.51. The number of likely N-dealkylation sites (tertiary alicyclic amines) is 1. The van der Waals surface area contributed by atoms with Crippen molar-refractivity contribution in [3.05, 3.63) is 0 Å². The summed E-state index contributed by atoms with van der Waals surface area (Å²) < 4.78 is 9.70. The van der Waals surface area contributed by atoms with Gasteiger partial charge >= 0.3 is 12.2 Å². The zero-order valence-electron chi connectivity index (χ0n) is 13.6. The van der Waals surface area contributed by atoms with Crippen molar-refractivity contribution < 1.29 is 19.1 Å². The Bertz CT molecular complexity index is 349. The monoisotopic (exact) mass is 300 g/mol. The van der Waals surface area contributed by atoms with Gasteiger partial charge in [-0.15, -0.1) is 0 Å². The molecule has 1 fully saturated rings. The van der Waals surface area contributed by atoms with Gasteiger partial charge in [0.25, 0.3) is 0 Å². The van der Waals surface area contributed by atoms with Gasteiger partial charge in [-0.2, -0.15) is 0 Å². The average Bonchev–Trinajstić information content (AvgIpc) is 2.92. The first kappa shape index (κ1) is 17.6. The molecule has 1 aliphatic heterocycles. The van der Waals surface area contributed by atoms with E-state index >= 15 is 0 Å². The average molecular weight is 300 g/mol. The first-order valence-corrected chi connectivity index (χ1v) is 7.76. The summed E-state index contributed by atoms with van der Waals surface area (Å²) in [6.07, 6.45) is 3.19. The van der Waals surface area contributed by atoms with Crippen LogP contribution >= 0.6 is 0 Å². The van der Waals surface area contributed by atoms with E-state index in [2.05, 4.69) is 13.8 Å². The van der Waals surface area contributed by atoms with E-state index in [1.165, 1.54) is 14.2 Å². The Hall–Kier alpha value is -1.46. The van der Waals surface area contributed by atoms with Crippen LogP contribution in [0.1, 0.15) is 39.5 Å². The lowest BCUT2D eigenvalue weighted by Gasteiger charge is -2.30. The molecule has 0 aliphatic carbocycles. The molecule has 6 nitrogen and oxygen atoms in total. The predicted molar refractivity (Wildman–Crippen MR) is 80.2 cm³/mol. The Kier molecular flexibility index (Phi) is 7.32. The Morgan fingerprint density at radius 3 is 2.48 bits per heavy atom. The first-order chi connectivity index (χ1) is 10.1. The highest BCUT2D eigenvalue weighted by molar-refractivity contribution is 5.69. The Morgan fingerprint density at radius 2 is 1.95 bits per heavy atom. The molecule has 2 unspecified atom stereocenters. The molecule has 0 N–H and O–H groups in total. The van der Waals surface area contributed by atoms with Crippen LogP contribution in [0.15, 0.2) is 0 Å². The van der Waals surface area contributed by atoms with Crippen LogP contribution in [0.4, 0.5) is 9.59 Å². The molecule has 6 heteroatoms. The molecule has 0 radical (unpaired) electrons. The normalized spacial score (nSPS) is 21.2. The minimum Gasteiger partial charge on any atom is -0.453 e. The third-order valence-electron chi connectivity index (χ3n) is 4.18. The molecule has 0 aromatic rings. The summed E-state index contributed by atoms with van der Waals surface area (Å²) in [6, 6.07) is 0.131. The highest BCUT2D eigenvalue weighted by Gasteiger charge is 2.37. The van der Waals surface area contributed by atoms with Crippen molar-refractivity contribution in [3.8, 4) is 0 Å². The van der Waals surface area contributed by atoms with Gasteiger partial charge < -0.3 is 19.3 Å². The molecule has 0 spiro atoms. The molecule has 21 heavy (non-hydrogen) atoms. The largest absolute Gasteiger partial charge is 0.453 e. The van der Waals surface area contributed by atoms with Crippen molar-refractivity contribution in [2.45, 2.75) is 45.6 Å². The molecule has 1 heterocycles. The highest BCUT2D eigenvalue weighted by atomic mass is 16.5. The maximum absolute atomic E-state index is 11.9. The summed E-state index contributed by atoms with van der Waals surface area (Å²) in [6.45, 7) is 6.19. The summed E-state index contributed by atoms with van der Waals surface area (Å²) in [4.78, 5) is 27.2. The van der Waals surface area contributed by atoms with Crippen molar-refractivity contribution in [3.63, 3.8) is 0 Å². The zero-order chi connectivity index (χ0) is 15.8. The molecule has 0 aromatic carbocycles. The summed E-state index contributed by atoms with van der Waals surface area (Å²) >= 11 is 0. The maximum Gasteiger partial charge on any atom is 0.409 e. The first-order valence-electron chi connectivity index (χ1n) is 7.76. The molecule has 0 aromatic heterocycles. The van der Waals surface area contributed by atoms with Gasteiger partial charge in [-0.05, 0) is 25.2 Å². The van der Waals surface area contributed by atoms with Crippen molar-refractivity contribution in [2.24, 2.45) is 5.92 Å². The topological polar surface area (TPSA) is 59.1 Å². The van der Waals surface area contributed by atoms with Gasteiger partial charge in [0.1, 0.15) is 0 Å². The van der Waals surface area contributed by atoms with Gasteiger partial charge in [0.2, 0.25) is 0 Å². The number of methoxy groups -OCH3 is 2.